The summed E-state index contributed by atoms with van der Waals surface area (Å²) < 4.78 is 27.8. The molecule has 5 heteroatoms. The molecule has 0 spiro atoms. The summed E-state index contributed by atoms with van der Waals surface area (Å²) in [4.78, 5) is 4.28. The Bertz CT molecular complexity index is 576. The van der Waals surface area contributed by atoms with Gasteiger partial charge in [0.05, 0.1) is 12.0 Å². The van der Waals surface area contributed by atoms with Crippen molar-refractivity contribution in [1.82, 2.24) is 14.9 Å². The molecule has 1 aromatic heterocycles. The minimum atomic E-state index is -0.816. The second-order valence-electron chi connectivity index (χ2n) is 4.94. The molecule has 1 aliphatic rings. The molecule has 1 N–H and O–H groups in total. The smallest absolute Gasteiger partial charge is 0.159 e. The van der Waals surface area contributed by atoms with Crippen LogP contribution in [0.15, 0.2) is 30.7 Å². The average Bonchev–Trinajstić information content (AvgIpc) is 3.12. The van der Waals surface area contributed by atoms with E-state index in [1.807, 2.05) is 10.8 Å². The van der Waals surface area contributed by atoms with Crippen LogP contribution < -0.4 is 5.32 Å². The molecule has 0 radical (unpaired) electrons. The van der Waals surface area contributed by atoms with E-state index in [9.17, 15) is 8.78 Å². The molecule has 1 aliphatic carbocycles. The van der Waals surface area contributed by atoms with E-state index in [1.54, 1.807) is 12.4 Å². The van der Waals surface area contributed by atoms with E-state index in [0.717, 1.165) is 23.9 Å². The molecule has 0 unspecified atom stereocenters. The Labute approximate surface area is 110 Å². The van der Waals surface area contributed by atoms with E-state index in [4.69, 9.17) is 0 Å². The Hall–Kier alpha value is -1.75. The normalized spacial score (nSPS) is 14.8. The number of rotatable bonds is 5. The van der Waals surface area contributed by atoms with E-state index in [2.05, 4.69) is 10.3 Å². The molecule has 0 atom stereocenters. The summed E-state index contributed by atoms with van der Waals surface area (Å²) in [5, 5.41) is 3.38. The van der Waals surface area contributed by atoms with Crippen molar-refractivity contribution in [3.63, 3.8) is 0 Å². The first-order chi connectivity index (χ1) is 9.20. The molecule has 0 aliphatic heterocycles. The Kier molecular flexibility index (Phi) is 3.29. The van der Waals surface area contributed by atoms with Gasteiger partial charge in [-0.3, -0.25) is 0 Å². The molecule has 0 amide bonds. The summed E-state index contributed by atoms with van der Waals surface area (Å²) in [5.74, 6) is -1.63. The Morgan fingerprint density at radius 2 is 2.11 bits per heavy atom. The molecule has 1 saturated carbocycles. The zero-order valence-corrected chi connectivity index (χ0v) is 10.4. The lowest BCUT2D eigenvalue weighted by Crippen LogP contribution is -2.15. The molecular weight excluding hydrogens is 248 g/mol. The monoisotopic (exact) mass is 263 g/mol. The van der Waals surface area contributed by atoms with Crippen LogP contribution in [0.3, 0.4) is 0 Å². The number of imidazole rings is 1. The lowest BCUT2D eigenvalue weighted by Gasteiger charge is -2.03. The van der Waals surface area contributed by atoms with Crippen molar-refractivity contribution in [3.8, 4) is 0 Å². The molecular formula is C14H15F2N3. The number of benzene rings is 1. The SMILES string of the molecule is Fc1ccc(Cn2cnc(CNC3CC3)c2)cc1F. The minimum Gasteiger partial charge on any atom is -0.333 e. The van der Waals surface area contributed by atoms with Gasteiger partial charge in [-0.25, -0.2) is 13.8 Å². The third-order valence-corrected chi connectivity index (χ3v) is 3.19. The first-order valence-corrected chi connectivity index (χ1v) is 6.38. The third kappa shape index (κ3) is 3.17. The van der Waals surface area contributed by atoms with Crippen LogP contribution in [0.5, 0.6) is 0 Å². The van der Waals surface area contributed by atoms with E-state index in [1.165, 1.54) is 18.9 Å². The van der Waals surface area contributed by atoms with Crippen LogP contribution in [0.2, 0.25) is 0 Å². The number of nitrogens with zero attached hydrogens (tertiary/aromatic N) is 2. The van der Waals surface area contributed by atoms with Gasteiger partial charge in [-0.1, -0.05) is 6.07 Å². The highest BCUT2D eigenvalue weighted by atomic mass is 19.2. The van der Waals surface area contributed by atoms with Crippen LogP contribution in [-0.4, -0.2) is 15.6 Å². The molecule has 3 nitrogen and oxygen atoms in total. The molecule has 1 heterocycles. The van der Waals surface area contributed by atoms with Crippen molar-refractivity contribution in [3.05, 3.63) is 53.6 Å². The van der Waals surface area contributed by atoms with Gasteiger partial charge in [0.15, 0.2) is 11.6 Å². The maximum Gasteiger partial charge on any atom is 0.159 e. The summed E-state index contributed by atoms with van der Waals surface area (Å²) in [6.45, 7) is 1.25. The quantitative estimate of drug-likeness (QED) is 0.898. The third-order valence-electron chi connectivity index (χ3n) is 3.19. The maximum atomic E-state index is 13.1. The highest BCUT2D eigenvalue weighted by Gasteiger charge is 2.20. The summed E-state index contributed by atoms with van der Waals surface area (Å²) in [6.07, 6.45) is 6.13. The Morgan fingerprint density at radius 3 is 2.84 bits per heavy atom. The van der Waals surface area contributed by atoms with Gasteiger partial charge in [0.2, 0.25) is 0 Å². The fraction of sp³-hybridized carbons (Fsp3) is 0.357. The molecule has 2 aromatic rings. The molecule has 3 rings (SSSR count). The summed E-state index contributed by atoms with van der Waals surface area (Å²) in [5.41, 5.74) is 1.69. The first-order valence-electron chi connectivity index (χ1n) is 6.38. The van der Waals surface area contributed by atoms with Gasteiger partial charge in [-0.15, -0.1) is 0 Å². The van der Waals surface area contributed by atoms with Gasteiger partial charge in [0, 0.05) is 25.3 Å². The highest BCUT2D eigenvalue weighted by molar-refractivity contribution is 5.18. The van der Waals surface area contributed by atoms with E-state index >= 15 is 0 Å². The number of hydrogen-bond acceptors (Lipinski definition) is 2. The van der Waals surface area contributed by atoms with Crippen molar-refractivity contribution in [2.24, 2.45) is 0 Å². The number of aromatic nitrogens is 2. The molecule has 0 bridgehead atoms. The second-order valence-corrected chi connectivity index (χ2v) is 4.94. The van der Waals surface area contributed by atoms with Crippen LogP contribution in [0.25, 0.3) is 0 Å². The lowest BCUT2D eigenvalue weighted by molar-refractivity contribution is 0.506. The fourth-order valence-corrected chi connectivity index (χ4v) is 1.97. The maximum absolute atomic E-state index is 13.1. The highest BCUT2D eigenvalue weighted by Crippen LogP contribution is 2.19. The van der Waals surface area contributed by atoms with Crippen molar-refractivity contribution >= 4 is 0 Å². The molecule has 1 aromatic carbocycles. The molecule has 100 valence electrons. The van der Waals surface area contributed by atoms with Crippen molar-refractivity contribution in [2.75, 3.05) is 0 Å². The summed E-state index contributed by atoms with van der Waals surface area (Å²) in [6, 6.07) is 4.60. The van der Waals surface area contributed by atoms with Gasteiger partial charge in [0.1, 0.15) is 0 Å². The lowest BCUT2D eigenvalue weighted by atomic mass is 10.2. The van der Waals surface area contributed by atoms with Crippen LogP contribution in [-0.2, 0) is 13.1 Å². The first kappa shape index (κ1) is 12.3. The molecule has 0 saturated heterocycles. The number of nitrogens with one attached hydrogen (secondary N) is 1. The van der Waals surface area contributed by atoms with Gasteiger partial charge in [-0.05, 0) is 30.5 Å². The van der Waals surface area contributed by atoms with Gasteiger partial charge in [0.25, 0.3) is 0 Å². The van der Waals surface area contributed by atoms with Crippen LogP contribution in [0.4, 0.5) is 8.78 Å². The average molecular weight is 263 g/mol. The van der Waals surface area contributed by atoms with Crippen LogP contribution in [0.1, 0.15) is 24.1 Å². The molecule has 19 heavy (non-hydrogen) atoms. The van der Waals surface area contributed by atoms with E-state index < -0.39 is 11.6 Å². The zero-order valence-electron chi connectivity index (χ0n) is 10.4. The zero-order chi connectivity index (χ0) is 13.2. The van der Waals surface area contributed by atoms with Crippen LogP contribution in [0, 0.1) is 11.6 Å². The van der Waals surface area contributed by atoms with E-state index in [-0.39, 0.29) is 0 Å². The predicted octanol–water partition coefficient (Wildman–Crippen LogP) is 2.46. The van der Waals surface area contributed by atoms with Gasteiger partial charge in [-0.2, -0.15) is 0 Å². The van der Waals surface area contributed by atoms with Crippen LogP contribution >= 0.6 is 0 Å². The minimum absolute atomic E-state index is 0.494. The number of halogens is 2. The topological polar surface area (TPSA) is 29.9 Å². The predicted molar refractivity (Wildman–Crippen MR) is 67.5 cm³/mol. The number of hydrogen-bond donors (Lipinski definition) is 1. The summed E-state index contributed by atoms with van der Waals surface area (Å²) in [7, 11) is 0. The van der Waals surface area contributed by atoms with E-state index in [0.29, 0.717) is 12.6 Å². The second kappa shape index (κ2) is 5.09. The Balaban J connectivity index is 1.63. The van der Waals surface area contributed by atoms with Crippen molar-refractivity contribution in [2.45, 2.75) is 32.0 Å². The van der Waals surface area contributed by atoms with Crippen molar-refractivity contribution in [1.29, 1.82) is 0 Å². The largest absolute Gasteiger partial charge is 0.333 e. The summed E-state index contributed by atoms with van der Waals surface area (Å²) >= 11 is 0. The van der Waals surface area contributed by atoms with Gasteiger partial charge >= 0.3 is 0 Å². The Morgan fingerprint density at radius 1 is 1.26 bits per heavy atom. The fourth-order valence-electron chi connectivity index (χ4n) is 1.97. The molecule has 1 fully saturated rings. The van der Waals surface area contributed by atoms with Gasteiger partial charge < -0.3 is 9.88 Å². The standard InChI is InChI=1S/C14H15F2N3/c15-13-4-1-10(5-14(13)16)7-19-8-12(18-9-19)6-17-11-2-3-11/h1,4-5,8-9,11,17H,2-3,6-7H2. The van der Waals surface area contributed by atoms with Crippen molar-refractivity contribution < 1.29 is 8.78 Å².